The maximum atomic E-state index is 12.3. The van der Waals surface area contributed by atoms with E-state index in [-0.39, 0.29) is 36.8 Å². The Kier molecular flexibility index (Phi) is 8.07. The number of hydrogen-bond donors (Lipinski definition) is 1. The van der Waals surface area contributed by atoms with Gasteiger partial charge >= 0.3 is 0 Å². The molecular weight excluding hydrogens is 345 g/mol. The van der Waals surface area contributed by atoms with Gasteiger partial charge in [-0.1, -0.05) is 0 Å². The molecule has 126 valence electrons. The predicted octanol–water partition coefficient (Wildman–Crippen LogP) is 1.81. The first-order chi connectivity index (χ1) is 9.74. The molecule has 5 nitrogen and oxygen atoms in total. The molecule has 1 aliphatic heterocycles. The van der Waals surface area contributed by atoms with Crippen LogP contribution in [0.4, 0.5) is 0 Å². The van der Waals surface area contributed by atoms with Crippen molar-refractivity contribution in [1.29, 1.82) is 0 Å². The minimum absolute atomic E-state index is 0. The van der Waals surface area contributed by atoms with Gasteiger partial charge in [-0.2, -0.15) is 0 Å². The largest absolute Gasteiger partial charge is 0.378 e. The standard InChI is InChI=1S/C14H21N3O2S.2ClH/c1-17(14(18)11-9-19-7-6-15-11)8-13-16-10-4-2-3-5-12(10)20-13;;/h11,15H,2-9H2,1H3;2*1H. The number of morpholine rings is 1. The number of hydrogen-bond acceptors (Lipinski definition) is 5. The zero-order chi connectivity index (χ0) is 13.9. The second-order valence-corrected chi connectivity index (χ2v) is 6.63. The minimum Gasteiger partial charge on any atom is -0.378 e. The second kappa shape index (κ2) is 9.03. The summed E-state index contributed by atoms with van der Waals surface area (Å²) >= 11 is 1.77. The Labute approximate surface area is 147 Å². The summed E-state index contributed by atoms with van der Waals surface area (Å²) in [7, 11) is 1.85. The second-order valence-electron chi connectivity index (χ2n) is 5.46. The van der Waals surface area contributed by atoms with Crippen molar-refractivity contribution in [2.45, 2.75) is 38.3 Å². The van der Waals surface area contributed by atoms with Crippen molar-refractivity contribution in [1.82, 2.24) is 15.2 Å². The van der Waals surface area contributed by atoms with E-state index < -0.39 is 0 Å². The summed E-state index contributed by atoms with van der Waals surface area (Å²) in [6.45, 7) is 2.51. The topological polar surface area (TPSA) is 54.5 Å². The summed E-state index contributed by atoms with van der Waals surface area (Å²) < 4.78 is 5.35. The molecule has 1 saturated heterocycles. The van der Waals surface area contributed by atoms with E-state index >= 15 is 0 Å². The summed E-state index contributed by atoms with van der Waals surface area (Å²) in [4.78, 5) is 20.2. The van der Waals surface area contributed by atoms with Crippen molar-refractivity contribution in [3.05, 3.63) is 15.6 Å². The van der Waals surface area contributed by atoms with Crippen LogP contribution in [-0.2, 0) is 28.9 Å². The fraction of sp³-hybridized carbons (Fsp3) is 0.714. The lowest BCUT2D eigenvalue weighted by Gasteiger charge is -2.27. The van der Waals surface area contributed by atoms with Crippen LogP contribution >= 0.6 is 36.2 Å². The molecule has 1 aliphatic carbocycles. The van der Waals surface area contributed by atoms with E-state index in [0.717, 1.165) is 24.4 Å². The lowest BCUT2D eigenvalue weighted by Crippen LogP contribution is -2.51. The zero-order valence-electron chi connectivity index (χ0n) is 12.7. The molecule has 0 saturated carbocycles. The van der Waals surface area contributed by atoms with E-state index in [9.17, 15) is 4.79 Å². The molecule has 1 aromatic rings. The summed E-state index contributed by atoms with van der Waals surface area (Å²) in [6, 6.07) is -0.205. The molecule has 1 amide bonds. The van der Waals surface area contributed by atoms with E-state index in [1.807, 2.05) is 7.05 Å². The molecule has 0 aromatic carbocycles. The van der Waals surface area contributed by atoms with Gasteiger partial charge in [0, 0.05) is 18.5 Å². The molecule has 8 heteroatoms. The summed E-state index contributed by atoms with van der Waals surface area (Å²) in [5, 5.41) is 4.26. The van der Waals surface area contributed by atoms with Gasteiger partial charge in [-0.15, -0.1) is 36.2 Å². The number of nitrogens with zero attached hydrogens (tertiary/aromatic N) is 2. The van der Waals surface area contributed by atoms with Gasteiger partial charge in [-0.3, -0.25) is 4.79 Å². The number of aromatic nitrogens is 1. The number of nitrogens with one attached hydrogen (secondary N) is 1. The van der Waals surface area contributed by atoms with Gasteiger partial charge in [0.2, 0.25) is 5.91 Å². The Hall–Kier alpha value is -0.400. The number of likely N-dealkylation sites (N-methyl/N-ethyl adjacent to an activating group) is 1. The van der Waals surface area contributed by atoms with Crippen molar-refractivity contribution in [3.63, 3.8) is 0 Å². The number of aryl methyl sites for hydroxylation is 2. The quantitative estimate of drug-likeness (QED) is 0.884. The number of fused-ring (bicyclic) bond motifs is 1. The highest BCUT2D eigenvalue weighted by Gasteiger charge is 2.25. The summed E-state index contributed by atoms with van der Waals surface area (Å²) in [5.74, 6) is 0.0953. The van der Waals surface area contributed by atoms with Gasteiger partial charge < -0.3 is 15.0 Å². The van der Waals surface area contributed by atoms with Gasteiger partial charge in [0.1, 0.15) is 11.0 Å². The van der Waals surface area contributed by atoms with E-state index in [1.54, 1.807) is 16.2 Å². The van der Waals surface area contributed by atoms with Crippen LogP contribution in [0.1, 0.15) is 28.4 Å². The van der Waals surface area contributed by atoms with Crippen molar-refractivity contribution < 1.29 is 9.53 Å². The third kappa shape index (κ3) is 4.55. The van der Waals surface area contributed by atoms with Crippen LogP contribution in [0.25, 0.3) is 0 Å². The van der Waals surface area contributed by atoms with Gasteiger partial charge in [0.15, 0.2) is 0 Å². The lowest BCUT2D eigenvalue weighted by molar-refractivity contribution is -0.135. The Balaban J connectivity index is 0.00000121. The monoisotopic (exact) mass is 367 g/mol. The SMILES string of the molecule is CN(Cc1nc2c(s1)CCCC2)C(=O)C1COCCN1.Cl.Cl. The average molecular weight is 368 g/mol. The average Bonchev–Trinajstić information content (AvgIpc) is 2.89. The van der Waals surface area contributed by atoms with Crippen molar-refractivity contribution >= 4 is 42.1 Å². The van der Waals surface area contributed by atoms with Gasteiger partial charge in [-0.25, -0.2) is 4.98 Å². The van der Waals surface area contributed by atoms with E-state index in [4.69, 9.17) is 9.72 Å². The number of amides is 1. The van der Waals surface area contributed by atoms with Crippen LogP contribution in [0.5, 0.6) is 0 Å². The minimum atomic E-state index is -0.205. The van der Waals surface area contributed by atoms with Gasteiger partial charge in [-0.05, 0) is 25.7 Å². The highest BCUT2D eigenvalue weighted by Crippen LogP contribution is 2.27. The highest BCUT2D eigenvalue weighted by atomic mass is 35.5. The predicted molar refractivity (Wildman–Crippen MR) is 92.3 cm³/mol. The number of carbonyl (C=O) groups is 1. The number of rotatable bonds is 3. The van der Waals surface area contributed by atoms with Crippen LogP contribution in [0.3, 0.4) is 0 Å². The van der Waals surface area contributed by atoms with Crippen LogP contribution < -0.4 is 5.32 Å². The Morgan fingerprint density at radius 2 is 2.18 bits per heavy atom. The highest BCUT2D eigenvalue weighted by molar-refractivity contribution is 7.11. The molecular formula is C14H23Cl2N3O2S. The number of halogens is 2. The lowest BCUT2D eigenvalue weighted by atomic mass is 10.0. The first-order valence-electron chi connectivity index (χ1n) is 7.27. The number of ether oxygens (including phenoxy) is 1. The van der Waals surface area contributed by atoms with Crippen molar-refractivity contribution in [2.24, 2.45) is 0 Å². The zero-order valence-corrected chi connectivity index (χ0v) is 15.1. The molecule has 1 aromatic heterocycles. The van der Waals surface area contributed by atoms with Crippen LogP contribution in [0.2, 0.25) is 0 Å². The maximum Gasteiger partial charge on any atom is 0.242 e. The van der Waals surface area contributed by atoms with Crippen LogP contribution in [0, 0.1) is 0 Å². The van der Waals surface area contributed by atoms with Crippen molar-refractivity contribution in [3.8, 4) is 0 Å². The molecule has 22 heavy (non-hydrogen) atoms. The molecule has 2 heterocycles. The van der Waals surface area contributed by atoms with E-state index in [2.05, 4.69) is 5.32 Å². The molecule has 0 radical (unpaired) electrons. The van der Waals surface area contributed by atoms with Crippen LogP contribution in [0.15, 0.2) is 0 Å². The van der Waals surface area contributed by atoms with Gasteiger partial charge in [0.25, 0.3) is 0 Å². The molecule has 3 rings (SSSR count). The van der Waals surface area contributed by atoms with E-state index in [1.165, 1.54) is 23.4 Å². The fourth-order valence-electron chi connectivity index (χ4n) is 2.74. The Morgan fingerprint density at radius 3 is 2.86 bits per heavy atom. The van der Waals surface area contributed by atoms with Crippen LogP contribution in [-0.4, -0.2) is 48.6 Å². The Morgan fingerprint density at radius 1 is 1.41 bits per heavy atom. The fourth-order valence-corrected chi connectivity index (χ4v) is 3.95. The first-order valence-corrected chi connectivity index (χ1v) is 8.09. The van der Waals surface area contributed by atoms with Gasteiger partial charge in [0.05, 0.1) is 25.5 Å². The molecule has 1 atom stereocenters. The third-order valence-corrected chi connectivity index (χ3v) is 5.00. The molecule has 0 spiro atoms. The third-order valence-electron chi connectivity index (χ3n) is 3.86. The molecule has 1 unspecified atom stereocenters. The number of thiazole rings is 1. The summed E-state index contributed by atoms with van der Waals surface area (Å²) in [6.07, 6.45) is 4.77. The summed E-state index contributed by atoms with van der Waals surface area (Å²) in [5.41, 5.74) is 1.26. The van der Waals surface area contributed by atoms with E-state index in [0.29, 0.717) is 19.8 Å². The van der Waals surface area contributed by atoms with Crippen molar-refractivity contribution in [2.75, 3.05) is 26.8 Å². The molecule has 0 bridgehead atoms. The maximum absolute atomic E-state index is 12.3. The molecule has 1 fully saturated rings. The smallest absolute Gasteiger partial charge is 0.242 e. The first kappa shape index (κ1) is 19.6. The number of carbonyl (C=O) groups excluding carboxylic acids is 1. The normalized spacial score (nSPS) is 20.3. The molecule has 1 N–H and O–H groups in total. The molecule has 2 aliphatic rings. The Bertz CT molecular complexity index is 469.